The topological polar surface area (TPSA) is 69.6 Å². The molecule has 3 N–H and O–H groups in total. The van der Waals surface area contributed by atoms with Crippen LogP contribution in [0.15, 0.2) is 60.8 Å². The number of rotatable bonds is 43. The molecular formula is C51H93NO3. The van der Waals surface area contributed by atoms with Gasteiger partial charge in [-0.15, -0.1) is 0 Å². The number of aliphatic hydroxyl groups excluding tert-OH is 2. The van der Waals surface area contributed by atoms with Gasteiger partial charge in [0.1, 0.15) is 0 Å². The minimum absolute atomic E-state index is 0.0807. The van der Waals surface area contributed by atoms with Crippen LogP contribution >= 0.6 is 0 Å². The molecule has 0 aliphatic heterocycles. The monoisotopic (exact) mass is 768 g/mol. The number of allylic oxidation sites excluding steroid dienone is 9. The summed E-state index contributed by atoms with van der Waals surface area (Å²) < 4.78 is 0. The van der Waals surface area contributed by atoms with E-state index in [0.29, 0.717) is 6.42 Å². The summed E-state index contributed by atoms with van der Waals surface area (Å²) in [5, 5.41) is 23.0. The fourth-order valence-corrected chi connectivity index (χ4v) is 7.00. The first-order valence-corrected chi connectivity index (χ1v) is 24.0. The third-order valence-electron chi connectivity index (χ3n) is 10.7. The van der Waals surface area contributed by atoms with Crippen LogP contribution < -0.4 is 5.32 Å². The predicted molar refractivity (Wildman–Crippen MR) is 244 cm³/mol. The summed E-state index contributed by atoms with van der Waals surface area (Å²) in [5.74, 6) is -0.0807. The molecule has 0 aromatic carbocycles. The van der Waals surface area contributed by atoms with Crippen molar-refractivity contribution in [2.45, 2.75) is 251 Å². The van der Waals surface area contributed by atoms with Gasteiger partial charge in [0.05, 0.1) is 18.8 Å². The van der Waals surface area contributed by atoms with Crippen molar-refractivity contribution < 1.29 is 15.0 Å². The molecule has 1 amide bonds. The summed E-state index contributed by atoms with van der Waals surface area (Å²) in [5.41, 5.74) is 0. The lowest BCUT2D eigenvalue weighted by molar-refractivity contribution is -0.123. The van der Waals surface area contributed by atoms with Crippen molar-refractivity contribution in [3.05, 3.63) is 60.8 Å². The first kappa shape index (κ1) is 53.1. The molecule has 0 aromatic rings. The van der Waals surface area contributed by atoms with Crippen LogP contribution in [0.5, 0.6) is 0 Å². The standard InChI is InChI=1S/C51H93NO3/c1-3-5-7-9-11-13-15-17-19-21-23-25-26-27-29-31-33-35-37-39-41-43-45-47-51(55)52-49(48-53)50(54)46-44-42-40-38-36-34-32-30-28-24-22-20-18-16-14-12-10-8-6-4-2/h15,17,21,23,28,30,36,38,44,46,49-50,53-54H,3-14,16,18-20,22,24-27,29,31-35,37,39-43,45,47-48H2,1-2H3,(H,52,55)/b17-15-,23-21-,30-28+,38-36+,46-44+. The van der Waals surface area contributed by atoms with Crippen molar-refractivity contribution in [2.75, 3.05) is 6.61 Å². The van der Waals surface area contributed by atoms with E-state index in [-0.39, 0.29) is 12.5 Å². The van der Waals surface area contributed by atoms with E-state index in [9.17, 15) is 15.0 Å². The van der Waals surface area contributed by atoms with Crippen LogP contribution in [0.1, 0.15) is 239 Å². The maximum absolute atomic E-state index is 12.4. The molecule has 0 rings (SSSR count). The molecule has 0 saturated carbocycles. The highest BCUT2D eigenvalue weighted by molar-refractivity contribution is 5.76. The number of hydrogen-bond acceptors (Lipinski definition) is 3. The SMILES string of the molecule is CCCCCCC/C=C\C/C=C\CCCCCCCCCCCCCC(=O)NC(CO)C(O)/C=C/CC/C=C/CC/C=C/CCCCCCCCCCCC. The molecule has 4 nitrogen and oxygen atoms in total. The Kier molecular flexibility index (Phi) is 44.9. The lowest BCUT2D eigenvalue weighted by Gasteiger charge is -2.19. The van der Waals surface area contributed by atoms with Gasteiger partial charge in [-0.05, 0) is 77.0 Å². The molecule has 2 atom stereocenters. The molecule has 0 spiro atoms. The van der Waals surface area contributed by atoms with Gasteiger partial charge >= 0.3 is 0 Å². The van der Waals surface area contributed by atoms with Crippen molar-refractivity contribution >= 4 is 5.91 Å². The van der Waals surface area contributed by atoms with Crippen LogP contribution in [0.25, 0.3) is 0 Å². The van der Waals surface area contributed by atoms with Gasteiger partial charge in [0.15, 0.2) is 0 Å². The second kappa shape index (κ2) is 46.5. The van der Waals surface area contributed by atoms with Crippen LogP contribution in [0.3, 0.4) is 0 Å². The fraction of sp³-hybridized carbons (Fsp3) is 0.784. The van der Waals surface area contributed by atoms with E-state index in [1.54, 1.807) is 6.08 Å². The van der Waals surface area contributed by atoms with Crippen LogP contribution in [-0.2, 0) is 4.79 Å². The van der Waals surface area contributed by atoms with Crippen molar-refractivity contribution in [1.29, 1.82) is 0 Å². The zero-order valence-corrected chi connectivity index (χ0v) is 36.7. The Hall–Kier alpha value is -1.91. The minimum Gasteiger partial charge on any atom is -0.394 e. The van der Waals surface area contributed by atoms with Gasteiger partial charge in [-0.1, -0.05) is 216 Å². The number of carbonyl (C=O) groups is 1. The number of carbonyl (C=O) groups excluding carboxylic acids is 1. The lowest BCUT2D eigenvalue weighted by atomic mass is 10.0. The smallest absolute Gasteiger partial charge is 0.220 e. The Labute approximate surface area is 343 Å². The molecule has 0 fully saturated rings. The first-order valence-electron chi connectivity index (χ1n) is 24.0. The summed E-state index contributed by atoms with van der Waals surface area (Å²) in [7, 11) is 0. The van der Waals surface area contributed by atoms with E-state index in [4.69, 9.17) is 0 Å². The highest BCUT2D eigenvalue weighted by Crippen LogP contribution is 2.14. The van der Waals surface area contributed by atoms with Gasteiger partial charge in [0.25, 0.3) is 0 Å². The molecule has 0 saturated heterocycles. The van der Waals surface area contributed by atoms with E-state index in [1.807, 2.05) is 6.08 Å². The Morgan fingerprint density at radius 3 is 1.16 bits per heavy atom. The molecule has 0 heterocycles. The maximum atomic E-state index is 12.4. The van der Waals surface area contributed by atoms with E-state index in [0.717, 1.165) is 44.9 Å². The number of unbranched alkanes of at least 4 members (excludes halogenated alkanes) is 28. The average molecular weight is 768 g/mol. The molecule has 2 unspecified atom stereocenters. The minimum atomic E-state index is -0.873. The third kappa shape index (κ3) is 43.1. The average Bonchev–Trinajstić information content (AvgIpc) is 3.19. The van der Waals surface area contributed by atoms with Gasteiger partial charge in [-0.3, -0.25) is 4.79 Å². The largest absolute Gasteiger partial charge is 0.394 e. The molecular weight excluding hydrogens is 675 g/mol. The highest BCUT2D eigenvalue weighted by atomic mass is 16.3. The van der Waals surface area contributed by atoms with Crippen LogP contribution in [0.2, 0.25) is 0 Å². The van der Waals surface area contributed by atoms with E-state index < -0.39 is 12.1 Å². The van der Waals surface area contributed by atoms with Crippen molar-refractivity contribution in [2.24, 2.45) is 0 Å². The number of amides is 1. The van der Waals surface area contributed by atoms with Crippen molar-refractivity contribution in [3.8, 4) is 0 Å². The molecule has 4 heteroatoms. The van der Waals surface area contributed by atoms with Crippen LogP contribution in [0.4, 0.5) is 0 Å². The Balaban J connectivity index is 3.62. The van der Waals surface area contributed by atoms with E-state index >= 15 is 0 Å². The van der Waals surface area contributed by atoms with Crippen molar-refractivity contribution in [3.63, 3.8) is 0 Å². The zero-order chi connectivity index (χ0) is 40.0. The first-order chi connectivity index (χ1) is 27.2. The molecule has 320 valence electrons. The van der Waals surface area contributed by atoms with Crippen molar-refractivity contribution in [1.82, 2.24) is 5.32 Å². The lowest BCUT2D eigenvalue weighted by Crippen LogP contribution is -2.45. The Morgan fingerprint density at radius 1 is 0.436 bits per heavy atom. The summed E-state index contributed by atoms with van der Waals surface area (Å²) in [4.78, 5) is 12.4. The van der Waals surface area contributed by atoms with E-state index in [2.05, 4.69) is 67.8 Å². The number of hydrogen-bond donors (Lipinski definition) is 3. The Morgan fingerprint density at radius 2 is 0.764 bits per heavy atom. The zero-order valence-electron chi connectivity index (χ0n) is 36.7. The molecule has 0 aromatic heterocycles. The fourth-order valence-electron chi connectivity index (χ4n) is 7.00. The summed E-state index contributed by atoms with van der Waals surface area (Å²) in [6.45, 7) is 4.29. The summed E-state index contributed by atoms with van der Waals surface area (Å²) >= 11 is 0. The van der Waals surface area contributed by atoms with Gasteiger partial charge in [-0.2, -0.15) is 0 Å². The predicted octanol–water partition coefficient (Wildman–Crippen LogP) is 15.3. The van der Waals surface area contributed by atoms with Gasteiger partial charge in [0.2, 0.25) is 5.91 Å². The highest BCUT2D eigenvalue weighted by Gasteiger charge is 2.17. The molecule has 0 radical (unpaired) electrons. The van der Waals surface area contributed by atoms with E-state index in [1.165, 1.54) is 173 Å². The second-order valence-electron chi connectivity index (χ2n) is 16.2. The second-order valence-corrected chi connectivity index (χ2v) is 16.2. The quantitative estimate of drug-likeness (QED) is 0.0427. The van der Waals surface area contributed by atoms with Gasteiger partial charge in [0, 0.05) is 6.42 Å². The molecule has 0 aliphatic carbocycles. The maximum Gasteiger partial charge on any atom is 0.220 e. The normalized spacial score (nSPS) is 13.5. The van der Waals surface area contributed by atoms with Gasteiger partial charge in [-0.25, -0.2) is 0 Å². The Bertz CT molecular complexity index is 919. The number of nitrogens with one attached hydrogen (secondary N) is 1. The van der Waals surface area contributed by atoms with Crippen LogP contribution in [-0.4, -0.2) is 34.9 Å². The van der Waals surface area contributed by atoms with Gasteiger partial charge < -0.3 is 15.5 Å². The third-order valence-corrected chi connectivity index (χ3v) is 10.7. The number of aliphatic hydroxyl groups is 2. The molecule has 0 aliphatic rings. The van der Waals surface area contributed by atoms with Crippen LogP contribution in [0, 0.1) is 0 Å². The summed E-state index contributed by atoms with van der Waals surface area (Å²) in [6, 6.07) is -0.648. The molecule has 0 bridgehead atoms. The molecule has 55 heavy (non-hydrogen) atoms. The summed E-state index contributed by atoms with van der Waals surface area (Å²) in [6.07, 6.45) is 64.8.